The lowest BCUT2D eigenvalue weighted by molar-refractivity contribution is 1.11. The van der Waals surface area contributed by atoms with Crippen LogP contribution in [0.25, 0.3) is 0 Å². The van der Waals surface area contributed by atoms with Crippen LogP contribution in [0.2, 0.25) is 0 Å². The number of nitrogens with zero attached hydrogens (tertiary/aromatic N) is 1. The minimum absolute atomic E-state index is 0.574. The van der Waals surface area contributed by atoms with Gasteiger partial charge in [0, 0.05) is 18.5 Å². The van der Waals surface area contributed by atoms with Crippen molar-refractivity contribution >= 4 is 11.5 Å². The molecule has 0 fully saturated rings. The van der Waals surface area contributed by atoms with Gasteiger partial charge in [-0.1, -0.05) is 25.2 Å². The molecular weight excluding hydrogens is 258 g/mol. The molecule has 0 atom stereocenters. The topological polar surface area (TPSA) is 48.2 Å². The van der Waals surface area contributed by atoms with Crippen molar-refractivity contribution in [2.24, 2.45) is 4.99 Å². The molecule has 0 spiro atoms. The molecule has 0 rings (SSSR count). The summed E-state index contributed by atoms with van der Waals surface area (Å²) >= 11 is 0. The summed E-state index contributed by atoms with van der Waals surface area (Å²) in [4.78, 5) is 4.50. The highest BCUT2D eigenvalue weighted by atomic mass is 15.0. The summed E-state index contributed by atoms with van der Waals surface area (Å²) in [5.74, 6) is 0.889. The normalized spacial score (nSPS) is 15.3. The average Bonchev–Trinajstić information content (AvgIpc) is 2.44. The van der Waals surface area contributed by atoms with E-state index in [9.17, 15) is 0 Å². The van der Waals surface area contributed by atoms with E-state index in [0.29, 0.717) is 5.71 Å². The zero-order valence-electron chi connectivity index (χ0n) is 14.5. The Kier molecular flexibility index (Phi) is 9.02. The Bertz CT molecular complexity index is 515. The van der Waals surface area contributed by atoms with Crippen molar-refractivity contribution in [3.63, 3.8) is 0 Å². The van der Waals surface area contributed by atoms with Gasteiger partial charge in [-0.25, -0.2) is 4.99 Å². The summed E-state index contributed by atoms with van der Waals surface area (Å²) in [6.45, 7) is 11.9. The first-order valence-corrected chi connectivity index (χ1v) is 7.38. The molecule has 0 amide bonds. The first-order chi connectivity index (χ1) is 9.87. The van der Waals surface area contributed by atoms with Crippen LogP contribution in [0.1, 0.15) is 48.0 Å². The third kappa shape index (κ3) is 6.89. The highest BCUT2D eigenvalue weighted by Crippen LogP contribution is 2.18. The fourth-order valence-corrected chi connectivity index (χ4v) is 1.79. The molecule has 0 saturated carbocycles. The molecule has 0 aliphatic heterocycles. The number of aliphatic imine (C=N–C) groups is 1. The van der Waals surface area contributed by atoms with Gasteiger partial charge < -0.3 is 10.7 Å². The van der Waals surface area contributed by atoms with Crippen molar-refractivity contribution < 1.29 is 0 Å². The Balaban J connectivity index is 5.78. The summed E-state index contributed by atoms with van der Waals surface area (Å²) < 4.78 is 0. The van der Waals surface area contributed by atoms with Gasteiger partial charge in [-0.15, -0.1) is 0 Å². The molecule has 116 valence electrons. The van der Waals surface area contributed by atoms with Crippen LogP contribution in [0.5, 0.6) is 0 Å². The fraction of sp³-hybridized carbons (Fsp3) is 0.444. The number of rotatable bonds is 6. The van der Waals surface area contributed by atoms with E-state index in [4.69, 9.17) is 5.41 Å². The molecule has 3 heteroatoms. The van der Waals surface area contributed by atoms with Gasteiger partial charge in [0.15, 0.2) is 0 Å². The lowest BCUT2D eigenvalue weighted by atomic mass is 9.98. The zero-order chi connectivity index (χ0) is 16.4. The average molecular weight is 287 g/mol. The van der Waals surface area contributed by atoms with E-state index >= 15 is 0 Å². The molecule has 0 heterocycles. The number of allylic oxidation sites excluding steroid dienone is 8. The van der Waals surface area contributed by atoms with E-state index in [0.717, 1.165) is 34.7 Å². The highest BCUT2D eigenvalue weighted by molar-refractivity contribution is 6.00. The van der Waals surface area contributed by atoms with Crippen molar-refractivity contribution in [3.8, 4) is 0 Å². The van der Waals surface area contributed by atoms with Crippen LogP contribution in [-0.2, 0) is 0 Å². The molecule has 21 heavy (non-hydrogen) atoms. The predicted molar refractivity (Wildman–Crippen MR) is 95.2 cm³/mol. The predicted octanol–water partition coefficient (Wildman–Crippen LogP) is 4.80. The van der Waals surface area contributed by atoms with E-state index < -0.39 is 0 Å². The molecule has 3 nitrogen and oxygen atoms in total. The first kappa shape index (κ1) is 19.1. The van der Waals surface area contributed by atoms with Gasteiger partial charge in [0.2, 0.25) is 0 Å². The molecule has 0 aromatic heterocycles. The second-order valence-corrected chi connectivity index (χ2v) is 4.95. The lowest BCUT2D eigenvalue weighted by Crippen LogP contribution is -2.13. The molecule has 0 aliphatic carbocycles. The molecule has 0 radical (unpaired) electrons. The SMILES string of the molecule is C/C=C(/C(C)=N)C(=C/C(C)=C(C)/N=C(\C)NC)/C=C/CC. The van der Waals surface area contributed by atoms with Gasteiger partial charge >= 0.3 is 0 Å². The second-order valence-electron chi connectivity index (χ2n) is 4.95. The van der Waals surface area contributed by atoms with E-state index in [1.165, 1.54) is 0 Å². The third-order valence-corrected chi connectivity index (χ3v) is 3.18. The zero-order valence-corrected chi connectivity index (χ0v) is 14.5. The summed E-state index contributed by atoms with van der Waals surface area (Å²) in [5.41, 5.74) is 4.66. The Morgan fingerprint density at radius 3 is 2.24 bits per heavy atom. The third-order valence-electron chi connectivity index (χ3n) is 3.18. The van der Waals surface area contributed by atoms with Crippen molar-refractivity contribution in [3.05, 3.63) is 46.7 Å². The maximum Gasteiger partial charge on any atom is 0.0984 e. The second kappa shape index (κ2) is 9.92. The van der Waals surface area contributed by atoms with E-state index in [1.807, 2.05) is 47.7 Å². The van der Waals surface area contributed by atoms with Gasteiger partial charge in [0.1, 0.15) is 0 Å². The van der Waals surface area contributed by atoms with Gasteiger partial charge in [0.25, 0.3) is 0 Å². The van der Waals surface area contributed by atoms with Crippen LogP contribution >= 0.6 is 0 Å². The van der Waals surface area contributed by atoms with Crippen LogP contribution in [0, 0.1) is 5.41 Å². The van der Waals surface area contributed by atoms with Gasteiger partial charge in [0.05, 0.1) is 5.84 Å². The van der Waals surface area contributed by atoms with Crippen LogP contribution in [0.15, 0.2) is 51.7 Å². The maximum atomic E-state index is 7.92. The summed E-state index contributed by atoms with van der Waals surface area (Å²) in [6.07, 6.45) is 9.26. The molecule has 0 aromatic carbocycles. The molecule has 0 bridgehead atoms. The molecule has 0 saturated heterocycles. The van der Waals surface area contributed by atoms with Crippen molar-refractivity contribution in [1.82, 2.24) is 5.32 Å². The van der Waals surface area contributed by atoms with Crippen molar-refractivity contribution in [1.29, 1.82) is 5.41 Å². The van der Waals surface area contributed by atoms with Gasteiger partial charge in [-0.05, 0) is 63.8 Å². The van der Waals surface area contributed by atoms with Gasteiger partial charge in [-0.3, -0.25) is 0 Å². The van der Waals surface area contributed by atoms with E-state index in [1.54, 1.807) is 0 Å². The Labute approximate surface area is 129 Å². The van der Waals surface area contributed by atoms with Crippen molar-refractivity contribution in [2.45, 2.75) is 48.0 Å². The number of nitrogens with one attached hydrogen (secondary N) is 2. The Morgan fingerprint density at radius 1 is 1.19 bits per heavy atom. The molecule has 0 aromatic rings. The number of hydrogen-bond acceptors (Lipinski definition) is 2. The maximum absolute atomic E-state index is 7.92. The highest BCUT2D eigenvalue weighted by Gasteiger charge is 2.05. The van der Waals surface area contributed by atoms with Gasteiger partial charge in [-0.2, -0.15) is 0 Å². The van der Waals surface area contributed by atoms with Crippen LogP contribution in [-0.4, -0.2) is 18.6 Å². The van der Waals surface area contributed by atoms with Crippen LogP contribution in [0.3, 0.4) is 0 Å². The fourth-order valence-electron chi connectivity index (χ4n) is 1.79. The smallest absolute Gasteiger partial charge is 0.0984 e. The molecule has 0 aliphatic rings. The Morgan fingerprint density at radius 2 is 1.81 bits per heavy atom. The van der Waals surface area contributed by atoms with Crippen molar-refractivity contribution in [2.75, 3.05) is 7.05 Å². The monoisotopic (exact) mass is 287 g/mol. The summed E-state index contributed by atoms with van der Waals surface area (Å²) in [7, 11) is 1.86. The molecule has 0 unspecified atom stereocenters. The largest absolute Gasteiger partial charge is 0.377 e. The summed E-state index contributed by atoms with van der Waals surface area (Å²) in [5, 5.41) is 10.9. The Hall–Kier alpha value is -1.90. The minimum Gasteiger partial charge on any atom is -0.377 e. The lowest BCUT2D eigenvalue weighted by Gasteiger charge is -2.09. The van der Waals surface area contributed by atoms with Crippen LogP contribution in [0.4, 0.5) is 0 Å². The van der Waals surface area contributed by atoms with E-state index in [2.05, 4.69) is 35.5 Å². The number of hydrogen-bond donors (Lipinski definition) is 2. The van der Waals surface area contributed by atoms with E-state index in [-0.39, 0.29) is 0 Å². The number of amidine groups is 1. The minimum atomic E-state index is 0.574. The quantitative estimate of drug-likeness (QED) is 0.411. The summed E-state index contributed by atoms with van der Waals surface area (Å²) in [6, 6.07) is 0. The molecular formula is C18H29N3. The van der Waals surface area contributed by atoms with Crippen LogP contribution < -0.4 is 5.32 Å². The molecule has 2 N–H and O–H groups in total. The standard InChI is InChI=1S/C18H29N3/c1-8-10-11-17(18(9-2)14(4)19)12-13(3)15(5)21-16(6)20-7/h9-12,19H,8H2,1-7H3,(H,20,21)/b11-10+,15-13+,17-12+,18-9-,19-14?. The first-order valence-electron chi connectivity index (χ1n) is 7.38.